The van der Waals surface area contributed by atoms with E-state index in [2.05, 4.69) is 4.74 Å². The molecule has 1 aromatic rings. The van der Waals surface area contributed by atoms with Crippen molar-refractivity contribution in [2.75, 3.05) is 7.11 Å². The molecule has 20 heavy (non-hydrogen) atoms. The number of hydrogen-bond acceptors (Lipinski definition) is 5. The predicted molar refractivity (Wildman–Crippen MR) is 63.6 cm³/mol. The normalized spacial score (nSPS) is 11.7. The summed E-state index contributed by atoms with van der Waals surface area (Å²) >= 11 is 0. The Morgan fingerprint density at radius 3 is 2.50 bits per heavy atom. The molecule has 0 amide bonds. The van der Waals surface area contributed by atoms with Crippen LogP contribution in [-0.4, -0.2) is 25.2 Å². The third kappa shape index (κ3) is 6.12. The average molecular weight is 290 g/mol. The summed E-state index contributed by atoms with van der Waals surface area (Å²) in [5.41, 5.74) is 5.05. The minimum atomic E-state index is -4.40. The summed E-state index contributed by atoms with van der Waals surface area (Å²) in [4.78, 5) is 19.4. The monoisotopic (exact) mass is 290 g/mol. The Morgan fingerprint density at radius 1 is 1.50 bits per heavy atom. The van der Waals surface area contributed by atoms with E-state index in [4.69, 9.17) is 15.9 Å². The highest BCUT2D eigenvalue weighted by Gasteiger charge is 2.30. The molecule has 0 heterocycles. The number of alkyl halides is 3. The number of halogens is 3. The molecule has 0 unspecified atom stereocenters. The molecule has 0 aliphatic rings. The molecule has 110 valence electrons. The number of benzene rings is 1. The Labute approximate surface area is 113 Å². The van der Waals surface area contributed by atoms with Crippen molar-refractivity contribution in [3.8, 4) is 0 Å². The molecule has 0 saturated heterocycles. The Balaban J connectivity index is 0.00000110. The van der Waals surface area contributed by atoms with Crippen molar-refractivity contribution in [2.45, 2.75) is 18.6 Å². The van der Waals surface area contributed by atoms with Gasteiger partial charge in [-0.15, -0.1) is 0 Å². The van der Waals surface area contributed by atoms with E-state index in [9.17, 15) is 18.0 Å². The highest BCUT2D eigenvalue weighted by Crippen LogP contribution is 2.29. The first-order valence-corrected chi connectivity index (χ1v) is 5.29. The zero-order valence-corrected chi connectivity index (χ0v) is 10.5. The molecule has 0 bridgehead atoms. The predicted octanol–water partition coefficient (Wildman–Crippen LogP) is 1.65. The first-order valence-electron chi connectivity index (χ1n) is 5.29. The SMILES string of the molecule is COC(=O)[C@@H](N)Cc1cccc(C(F)(F)F)c1.N=C=O. The molecule has 8 heteroatoms. The first-order chi connectivity index (χ1) is 9.26. The molecule has 0 spiro atoms. The van der Waals surface area contributed by atoms with Gasteiger partial charge in [0.2, 0.25) is 6.08 Å². The van der Waals surface area contributed by atoms with Crippen molar-refractivity contribution in [1.29, 1.82) is 5.41 Å². The molecule has 0 fully saturated rings. The van der Waals surface area contributed by atoms with Gasteiger partial charge in [-0.25, -0.2) is 10.2 Å². The van der Waals surface area contributed by atoms with Crippen LogP contribution in [0.1, 0.15) is 11.1 Å². The van der Waals surface area contributed by atoms with Gasteiger partial charge >= 0.3 is 12.1 Å². The number of methoxy groups -OCH3 is 1. The second-order valence-corrected chi connectivity index (χ2v) is 3.63. The molecule has 1 atom stereocenters. The van der Waals surface area contributed by atoms with Gasteiger partial charge < -0.3 is 10.5 Å². The van der Waals surface area contributed by atoms with Crippen LogP contribution in [0.25, 0.3) is 0 Å². The summed E-state index contributed by atoms with van der Waals surface area (Å²) in [5, 5.41) is 5.40. The summed E-state index contributed by atoms with van der Waals surface area (Å²) in [6, 6.07) is 3.75. The lowest BCUT2D eigenvalue weighted by atomic mass is 10.0. The average Bonchev–Trinajstić information content (AvgIpc) is 2.38. The minimum absolute atomic E-state index is 0.0105. The van der Waals surface area contributed by atoms with Crippen molar-refractivity contribution in [2.24, 2.45) is 5.73 Å². The van der Waals surface area contributed by atoms with E-state index in [0.717, 1.165) is 18.2 Å². The molecule has 5 nitrogen and oxygen atoms in total. The van der Waals surface area contributed by atoms with Crippen LogP contribution >= 0.6 is 0 Å². The molecular formula is C12H13F3N2O3. The Hall–Kier alpha value is -2.18. The summed E-state index contributed by atoms with van der Waals surface area (Å²) in [6.07, 6.45) is -3.64. The maximum atomic E-state index is 12.4. The number of ether oxygens (including phenoxy) is 1. The van der Waals surface area contributed by atoms with Crippen LogP contribution in [0.15, 0.2) is 24.3 Å². The minimum Gasteiger partial charge on any atom is -0.468 e. The molecule has 0 saturated carbocycles. The summed E-state index contributed by atoms with van der Waals surface area (Å²) in [6.45, 7) is 0. The van der Waals surface area contributed by atoms with E-state index in [1.807, 2.05) is 0 Å². The fourth-order valence-corrected chi connectivity index (χ4v) is 1.36. The third-order valence-electron chi connectivity index (χ3n) is 2.21. The zero-order valence-electron chi connectivity index (χ0n) is 10.5. The number of esters is 1. The largest absolute Gasteiger partial charge is 0.468 e. The molecule has 0 aliphatic carbocycles. The van der Waals surface area contributed by atoms with Crippen LogP contribution in [0.2, 0.25) is 0 Å². The molecule has 3 N–H and O–H groups in total. The molecule has 0 radical (unpaired) electrons. The standard InChI is InChI=1S/C11H12F3NO2.CHNO/c1-17-10(16)9(15)6-7-3-2-4-8(5-7)11(12,13)14;2-1-3/h2-5,9H,6,15H2,1H3;2H/t9-;/m0./s1. The maximum Gasteiger partial charge on any atom is 0.416 e. The van der Waals surface area contributed by atoms with Gasteiger partial charge in [0.25, 0.3) is 0 Å². The van der Waals surface area contributed by atoms with Crippen molar-refractivity contribution >= 4 is 12.0 Å². The number of carbonyl (C=O) groups excluding carboxylic acids is 2. The zero-order chi connectivity index (χ0) is 15.8. The van der Waals surface area contributed by atoms with E-state index in [1.54, 1.807) is 0 Å². The third-order valence-corrected chi connectivity index (χ3v) is 2.21. The second-order valence-electron chi connectivity index (χ2n) is 3.63. The molecule has 1 rings (SSSR count). The van der Waals surface area contributed by atoms with Gasteiger partial charge in [0, 0.05) is 0 Å². The van der Waals surface area contributed by atoms with Crippen LogP contribution in [0.4, 0.5) is 13.2 Å². The lowest BCUT2D eigenvalue weighted by molar-refractivity contribution is -0.142. The van der Waals surface area contributed by atoms with Crippen LogP contribution in [0.5, 0.6) is 0 Å². The van der Waals surface area contributed by atoms with Gasteiger partial charge in [0.15, 0.2) is 0 Å². The van der Waals surface area contributed by atoms with Gasteiger partial charge in [-0.1, -0.05) is 18.2 Å². The number of nitrogens with one attached hydrogen (secondary N) is 1. The fraction of sp³-hybridized carbons (Fsp3) is 0.333. The Bertz CT molecular complexity index is 483. The van der Waals surface area contributed by atoms with Crippen molar-refractivity contribution in [1.82, 2.24) is 0 Å². The maximum absolute atomic E-state index is 12.4. The van der Waals surface area contributed by atoms with E-state index in [0.29, 0.717) is 5.56 Å². The van der Waals surface area contributed by atoms with Gasteiger partial charge in [0.05, 0.1) is 12.7 Å². The van der Waals surface area contributed by atoms with Gasteiger partial charge in [-0.05, 0) is 18.1 Å². The summed E-state index contributed by atoms with van der Waals surface area (Å²) < 4.78 is 41.6. The number of rotatable bonds is 3. The van der Waals surface area contributed by atoms with E-state index >= 15 is 0 Å². The van der Waals surface area contributed by atoms with Crippen LogP contribution in [-0.2, 0) is 26.9 Å². The molecule has 0 aromatic heterocycles. The van der Waals surface area contributed by atoms with E-state index < -0.39 is 23.8 Å². The number of hydrogen-bond donors (Lipinski definition) is 2. The van der Waals surface area contributed by atoms with Crippen molar-refractivity contribution < 1.29 is 27.5 Å². The van der Waals surface area contributed by atoms with Crippen molar-refractivity contribution in [3.05, 3.63) is 35.4 Å². The highest BCUT2D eigenvalue weighted by molar-refractivity contribution is 5.75. The molecule has 1 aromatic carbocycles. The van der Waals surface area contributed by atoms with Crippen molar-refractivity contribution in [3.63, 3.8) is 0 Å². The smallest absolute Gasteiger partial charge is 0.416 e. The van der Waals surface area contributed by atoms with E-state index in [1.165, 1.54) is 19.2 Å². The van der Waals surface area contributed by atoms with Crippen LogP contribution in [0, 0.1) is 5.41 Å². The van der Waals surface area contributed by atoms with Gasteiger partial charge in [0.1, 0.15) is 6.04 Å². The summed E-state index contributed by atoms with van der Waals surface area (Å²) in [7, 11) is 1.17. The molecular weight excluding hydrogens is 277 g/mol. The first kappa shape index (κ1) is 17.8. The highest BCUT2D eigenvalue weighted by atomic mass is 19.4. The lowest BCUT2D eigenvalue weighted by Crippen LogP contribution is -2.33. The van der Waals surface area contributed by atoms with Crippen LogP contribution < -0.4 is 5.73 Å². The summed E-state index contributed by atoms with van der Waals surface area (Å²) in [5.74, 6) is -0.651. The van der Waals surface area contributed by atoms with Gasteiger partial charge in [-0.2, -0.15) is 13.2 Å². The van der Waals surface area contributed by atoms with E-state index in [-0.39, 0.29) is 6.42 Å². The van der Waals surface area contributed by atoms with Crippen LogP contribution in [0.3, 0.4) is 0 Å². The number of carbonyl (C=O) groups is 1. The Kier molecular flexibility index (Phi) is 7.20. The quantitative estimate of drug-likeness (QED) is 0.503. The van der Waals surface area contributed by atoms with Gasteiger partial charge in [-0.3, -0.25) is 4.79 Å². The molecule has 0 aliphatic heterocycles. The Morgan fingerprint density at radius 2 is 2.05 bits per heavy atom. The second kappa shape index (κ2) is 8.08. The fourth-order valence-electron chi connectivity index (χ4n) is 1.36. The topological polar surface area (TPSA) is 93.2 Å². The lowest BCUT2D eigenvalue weighted by Gasteiger charge is -2.11. The number of isocyanates is 1. The number of nitrogens with two attached hydrogens (primary N) is 1.